The van der Waals surface area contributed by atoms with Crippen LogP contribution in [-0.2, 0) is 0 Å². The average molecular weight is 306 g/mol. The number of hydrogen-bond donors (Lipinski definition) is 0. The summed E-state index contributed by atoms with van der Waals surface area (Å²) in [6.07, 6.45) is 4.00. The number of likely N-dealkylation sites (tertiary alicyclic amines) is 1. The van der Waals surface area contributed by atoms with Crippen molar-refractivity contribution in [3.05, 3.63) is 60.2 Å². The third-order valence-corrected chi connectivity index (χ3v) is 5.57. The van der Waals surface area contributed by atoms with E-state index in [1.54, 1.807) is 0 Å². The number of hydrogen-bond acceptors (Lipinski definition) is 2. The highest BCUT2D eigenvalue weighted by atomic mass is 15.2. The lowest BCUT2D eigenvalue weighted by Crippen LogP contribution is -2.33. The topological polar surface area (TPSA) is 6.48 Å². The normalized spacial score (nSPS) is 24.1. The lowest BCUT2D eigenvalue weighted by atomic mass is 9.95. The van der Waals surface area contributed by atoms with Gasteiger partial charge in [-0.25, -0.2) is 0 Å². The second kappa shape index (κ2) is 6.37. The maximum atomic E-state index is 2.64. The van der Waals surface area contributed by atoms with Crippen LogP contribution in [0.3, 0.4) is 0 Å². The van der Waals surface area contributed by atoms with Crippen molar-refractivity contribution in [2.75, 3.05) is 24.5 Å². The molecule has 23 heavy (non-hydrogen) atoms. The highest BCUT2D eigenvalue weighted by molar-refractivity contribution is 5.72. The molecule has 2 aromatic carbocycles. The Hall–Kier alpha value is -1.80. The van der Waals surface area contributed by atoms with E-state index in [2.05, 4.69) is 71.3 Å². The van der Waals surface area contributed by atoms with Gasteiger partial charge in [-0.2, -0.15) is 0 Å². The van der Waals surface area contributed by atoms with E-state index in [1.165, 1.54) is 55.8 Å². The zero-order valence-electron chi connectivity index (χ0n) is 14.0. The van der Waals surface area contributed by atoms with Crippen molar-refractivity contribution >= 4 is 11.4 Å². The molecule has 0 saturated carbocycles. The standard InChI is InChI=1S/C21H26N2/c1-17-19-11-5-6-12-21(19)23(18-9-3-2-4-10-18)20(17)13-16-22-14-7-8-15-22/h2-6,9-12,17,20H,7-8,13-16H2,1H3/t17-,20+/m1/s1. The van der Waals surface area contributed by atoms with Gasteiger partial charge in [-0.3, -0.25) is 0 Å². The van der Waals surface area contributed by atoms with Crippen LogP contribution in [0.4, 0.5) is 11.4 Å². The van der Waals surface area contributed by atoms with E-state index in [4.69, 9.17) is 0 Å². The number of rotatable bonds is 4. The molecule has 2 aliphatic rings. The summed E-state index contributed by atoms with van der Waals surface area (Å²) >= 11 is 0. The molecular formula is C21H26N2. The number of nitrogens with zero attached hydrogens (tertiary/aromatic N) is 2. The SMILES string of the molecule is C[C@@H]1c2ccccc2N(c2ccccc2)[C@H]1CCN1CCCC1. The maximum absolute atomic E-state index is 2.64. The monoisotopic (exact) mass is 306 g/mol. The largest absolute Gasteiger partial charge is 0.337 e. The van der Waals surface area contributed by atoms with E-state index in [0.717, 1.165) is 0 Å². The highest BCUT2D eigenvalue weighted by Gasteiger charge is 2.36. The van der Waals surface area contributed by atoms with Crippen LogP contribution in [0, 0.1) is 0 Å². The Morgan fingerprint density at radius 1 is 0.913 bits per heavy atom. The van der Waals surface area contributed by atoms with Gasteiger partial charge in [-0.05, 0) is 56.1 Å². The van der Waals surface area contributed by atoms with Gasteiger partial charge in [0.05, 0.1) is 0 Å². The van der Waals surface area contributed by atoms with Crippen LogP contribution in [0.5, 0.6) is 0 Å². The van der Waals surface area contributed by atoms with E-state index >= 15 is 0 Å². The summed E-state index contributed by atoms with van der Waals surface area (Å²) in [7, 11) is 0. The second-order valence-electron chi connectivity index (χ2n) is 6.96. The highest BCUT2D eigenvalue weighted by Crippen LogP contribution is 2.46. The molecular weight excluding hydrogens is 280 g/mol. The first kappa shape index (κ1) is 14.8. The third kappa shape index (κ3) is 2.76. The fourth-order valence-corrected chi connectivity index (χ4v) is 4.32. The molecule has 0 spiro atoms. The number of fused-ring (bicyclic) bond motifs is 1. The molecule has 0 unspecified atom stereocenters. The summed E-state index contributed by atoms with van der Waals surface area (Å²) in [5, 5.41) is 0. The minimum atomic E-state index is 0.565. The number of anilines is 2. The van der Waals surface area contributed by atoms with Gasteiger partial charge < -0.3 is 9.80 Å². The maximum Gasteiger partial charge on any atom is 0.0449 e. The van der Waals surface area contributed by atoms with Gasteiger partial charge in [0.25, 0.3) is 0 Å². The molecule has 1 fully saturated rings. The lowest BCUT2D eigenvalue weighted by Gasteiger charge is -2.31. The lowest BCUT2D eigenvalue weighted by molar-refractivity contribution is 0.316. The van der Waals surface area contributed by atoms with Gasteiger partial charge in [-0.15, -0.1) is 0 Å². The Labute approximate surface area is 139 Å². The Bertz CT molecular complexity index is 646. The number of para-hydroxylation sites is 2. The quantitative estimate of drug-likeness (QED) is 0.801. The van der Waals surface area contributed by atoms with Crippen LogP contribution in [-0.4, -0.2) is 30.6 Å². The van der Waals surface area contributed by atoms with Crippen LogP contribution in [0.2, 0.25) is 0 Å². The molecule has 0 radical (unpaired) electrons. The van der Waals surface area contributed by atoms with E-state index in [0.29, 0.717) is 12.0 Å². The molecule has 0 bridgehead atoms. The molecule has 0 amide bonds. The predicted octanol–water partition coefficient (Wildman–Crippen LogP) is 4.80. The zero-order valence-corrected chi connectivity index (χ0v) is 14.0. The summed E-state index contributed by atoms with van der Waals surface area (Å²) in [5.41, 5.74) is 4.23. The molecule has 2 heteroatoms. The molecule has 2 aromatic rings. The van der Waals surface area contributed by atoms with Crippen LogP contribution in [0.25, 0.3) is 0 Å². The third-order valence-electron chi connectivity index (χ3n) is 5.57. The van der Waals surface area contributed by atoms with Crippen LogP contribution < -0.4 is 4.90 Å². The molecule has 4 rings (SSSR count). The smallest absolute Gasteiger partial charge is 0.0449 e. The van der Waals surface area contributed by atoms with Crippen molar-refractivity contribution in [1.82, 2.24) is 4.90 Å². The van der Waals surface area contributed by atoms with E-state index < -0.39 is 0 Å². The molecule has 2 heterocycles. The molecule has 0 aromatic heterocycles. The summed E-state index contributed by atoms with van der Waals surface area (Å²) in [5.74, 6) is 0.592. The molecule has 1 saturated heterocycles. The van der Waals surface area contributed by atoms with Crippen molar-refractivity contribution in [1.29, 1.82) is 0 Å². The first-order chi connectivity index (χ1) is 11.3. The van der Waals surface area contributed by atoms with Gasteiger partial charge >= 0.3 is 0 Å². The van der Waals surface area contributed by atoms with E-state index in [1.807, 2.05) is 0 Å². The molecule has 2 nitrogen and oxygen atoms in total. The predicted molar refractivity (Wildman–Crippen MR) is 97.5 cm³/mol. The Kier molecular flexibility index (Phi) is 4.09. The van der Waals surface area contributed by atoms with Crippen LogP contribution >= 0.6 is 0 Å². The summed E-state index contributed by atoms with van der Waals surface area (Å²) in [6.45, 7) is 6.21. The molecule has 0 aliphatic carbocycles. The Morgan fingerprint density at radius 2 is 1.61 bits per heavy atom. The van der Waals surface area contributed by atoms with Crippen molar-refractivity contribution in [2.45, 2.75) is 38.1 Å². The summed E-state index contributed by atoms with van der Waals surface area (Å²) in [4.78, 5) is 5.22. The van der Waals surface area contributed by atoms with Crippen LogP contribution in [0.1, 0.15) is 37.7 Å². The Morgan fingerprint density at radius 3 is 2.39 bits per heavy atom. The minimum absolute atomic E-state index is 0.565. The second-order valence-corrected chi connectivity index (χ2v) is 6.96. The van der Waals surface area contributed by atoms with Crippen molar-refractivity contribution in [3.8, 4) is 0 Å². The first-order valence-corrected chi connectivity index (χ1v) is 9.00. The van der Waals surface area contributed by atoms with Gasteiger partial charge in [0.2, 0.25) is 0 Å². The van der Waals surface area contributed by atoms with Gasteiger partial charge in [-0.1, -0.05) is 43.3 Å². The van der Waals surface area contributed by atoms with Crippen molar-refractivity contribution in [3.63, 3.8) is 0 Å². The average Bonchev–Trinajstić information content (AvgIpc) is 3.21. The first-order valence-electron chi connectivity index (χ1n) is 9.00. The summed E-state index contributed by atoms with van der Waals surface area (Å²) < 4.78 is 0. The molecule has 2 atom stereocenters. The Balaban J connectivity index is 1.63. The molecule has 120 valence electrons. The van der Waals surface area contributed by atoms with Gasteiger partial charge in [0, 0.05) is 29.9 Å². The van der Waals surface area contributed by atoms with Gasteiger partial charge in [0.15, 0.2) is 0 Å². The zero-order chi connectivity index (χ0) is 15.6. The fraction of sp³-hybridized carbons (Fsp3) is 0.429. The van der Waals surface area contributed by atoms with Crippen molar-refractivity contribution < 1.29 is 0 Å². The van der Waals surface area contributed by atoms with Gasteiger partial charge in [0.1, 0.15) is 0 Å². The fourth-order valence-electron chi connectivity index (χ4n) is 4.32. The summed E-state index contributed by atoms with van der Waals surface area (Å²) in [6, 6.07) is 20.4. The van der Waals surface area contributed by atoms with E-state index in [9.17, 15) is 0 Å². The molecule has 2 aliphatic heterocycles. The van der Waals surface area contributed by atoms with Crippen LogP contribution in [0.15, 0.2) is 54.6 Å². The van der Waals surface area contributed by atoms with E-state index in [-0.39, 0.29) is 0 Å². The number of benzene rings is 2. The minimum Gasteiger partial charge on any atom is -0.337 e. The molecule has 0 N–H and O–H groups in total. The van der Waals surface area contributed by atoms with Crippen molar-refractivity contribution in [2.24, 2.45) is 0 Å².